The second kappa shape index (κ2) is 3.93. The molecule has 15 heavy (non-hydrogen) atoms. The standard InChI is InChI=1S/C11H8N2O2/c12-7-9-6-10(13-15-9)11(14)8-4-2-1-3-5-8/h1-5,9H,6H2/t9-/m1/s1. The van der Waals surface area contributed by atoms with Crippen LogP contribution in [-0.2, 0) is 4.84 Å². The number of nitriles is 1. The van der Waals surface area contributed by atoms with Crippen molar-refractivity contribution < 1.29 is 9.63 Å². The zero-order valence-electron chi connectivity index (χ0n) is 7.88. The molecule has 0 fully saturated rings. The molecular formula is C11H8N2O2. The molecule has 4 heteroatoms. The molecule has 4 nitrogen and oxygen atoms in total. The van der Waals surface area contributed by atoms with E-state index in [0.29, 0.717) is 11.3 Å². The number of Topliss-reactive ketones (excluding diaryl/α,β-unsaturated/α-hetero) is 1. The van der Waals surface area contributed by atoms with Gasteiger partial charge in [0.2, 0.25) is 11.9 Å². The molecule has 2 rings (SSSR count). The van der Waals surface area contributed by atoms with Gasteiger partial charge in [-0.1, -0.05) is 35.5 Å². The molecule has 0 amide bonds. The van der Waals surface area contributed by atoms with E-state index in [0.717, 1.165) is 0 Å². The van der Waals surface area contributed by atoms with Crippen molar-refractivity contribution in [3.05, 3.63) is 35.9 Å². The van der Waals surface area contributed by atoms with Crippen LogP contribution >= 0.6 is 0 Å². The lowest BCUT2D eigenvalue weighted by molar-refractivity contribution is 0.106. The molecule has 0 unspecified atom stereocenters. The van der Waals surface area contributed by atoms with E-state index < -0.39 is 6.10 Å². The summed E-state index contributed by atoms with van der Waals surface area (Å²) < 4.78 is 0. The fourth-order valence-electron chi connectivity index (χ4n) is 1.34. The normalized spacial score (nSPS) is 18.9. The molecule has 0 N–H and O–H groups in total. The average molecular weight is 200 g/mol. The first-order valence-electron chi connectivity index (χ1n) is 4.53. The number of oxime groups is 1. The molecule has 0 spiro atoms. The maximum absolute atomic E-state index is 11.8. The summed E-state index contributed by atoms with van der Waals surface area (Å²) in [7, 11) is 0. The lowest BCUT2D eigenvalue weighted by Crippen LogP contribution is -2.14. The van der Waals surface area contributed by atoms with Gasteiger partial charge in [-0.3, -0.25) is 4.79 Å². The van der Waals surface area contributed by atoms with Gasteiger partial charge in [0.05, 0.1) is 6.42 Å². The number of nitrogens with zero attached hydrogens (tertiary/aromatic N) is 2. The van der Waals surface area contributed by atoms with E-state index in [1.54, 1.807) is 24.3 Å². The van der Waals surface area contributed by atoms with E-state index in [1.807, 2.05) is 12.1 Å². The Balaban J connectivity index is 2.15. The summed E-state index contributed by atoms with van der Waals surface area (Å²) in [5, 5.41) is 12.2. The number of carbonyl (C=O) groups is 1. The Morgan fingerprint density at radius 3 is 2.80 bits per heavy atom. The first-order valence-corrected chi connectivity index (χ1v) is 4.53. The highest BCUT2D eigenvalue weighted by Crippen LogP contribution is 2.13. The first kappa shape index (κ1) is 9.41. The van der Waals surface area contributed by atoms with Crippen LogP contribution in [0.1, 0.15) is 16.8 Å². The summed E-state index contributed by atoms with van der Waals surface area (Å²) in [5.74, 6) is -0.173. The Labute approximate surface area is 86.8 Å². The fourth-order valence-corrected chi connectivity index (χ4v) is 1.34. The van der Waals surface area contributed by atoms with Gasteiger partial charge in [0.1, 0.15) is 11.8 Å². The van der Waals surface area contributed by atoms with Gasteiger partial charge in [-0.15, -0.1) is 0 Å². The van der Waals surface area contributed by atoms with Gasteiger partial charge >= 0.3 is 0 Å². The molecule has 0 bridgehead atoms. The second-order valence-electron chi connectivity index (χ2n) is 3.16. The number of ketones is 1. The molecule has 1 aromatic carbocycles. The van der Waals surface area contributed by atoms with E-state index >= 15 is 0 Å². The van der Waals surface area contributed by atoms with Crippen LogP contribution in [-0.4, -0.2) is 17.6 Å². The molecule has 1 aliphatic rings. The first-order chi connectivity index (χ1) is 7.31. The fraction of sp³-hybridized carbons (Fsp3) is 0.182. The largest absolute Gasteiger partial charge is 0.376 e. The van der Waals surface area contributed by atoms with Crippen LogP contribution in [0, 0.1) is 11.3 Å². The Morgan fingerprint density at radius 2 is 2.20 bits per heavy atom. The average Bonchev–Trinajstić information content (AvgIpc) is 2.78. The molecule has 1 aliphatic heterocycles. The van der Waals surface area contributed by atoms with E-state index in [2.05, 4.69) is 5.16 Å². The quantitative estimate of drug-likeness (QED) is 0.680. The highest BCUT2D eigenvalue weighted by molar-refractivity contribution is 6.46. The molecule has 1 aromatic rings. The number of hydrogen-bond acceptors (Lipinski definition) is 4. The van der Waals surface area contributed by atoms with Crippen LogP contribution in [0.15, 0.2) is 35.5 Å². The number of carbonyl (C=O) groups excluding carboxylic acids is 1. The summed E-state index contributed by atoms with van der Waals surface area (Å²) >= 11 is 0. The number of benzene rings is 1. The molecule has 0 aromatic heterocycles. The summed E-state index contributed by atoms with van der Waals surface area (Å²) in [4.78, 5) is 16.6. The second-order valence-corrected chi connectivity index (χ2v) is 3.16. The van der Waals surface area contributed by atoms with Crippen LogP contribution in [0.5, 0.6) is 0 Å². The topological polar surface area (TPSA) is 62.5 Å². The Hall–Kier alpha value is -2.15. The Kier molecular flexibility index (Phi) is 2.46. The zero-order valence-corrected chi connectivity index (χ0v) is 7.88. The molecule has 74 valence electrons. The molecule has 0 radical (unpaired) electrons. The minimum atomic E-state index is -0.618. The van der Waals surface area contributed by atoms with Gasteiger partial charge in [-0.25, -0.2) is 0 Å². The third-order valence-electron chi connectivity index (χ3n) is 2.11. The lowest BCUT2D eigenvalue weighted by atomic mass is 10.0. The van der Waals surface area contributed by atoms with Gasteiger partial charge < -0.3 is 4.84 Å². The monoisotopic (exact) mass is 200 g/mol. The molecule has 1 atom stereocenters. The predicted octanol–water partition coefficient (Wildman–Crippen LogP) is 1.54. The summed E-state index contributed by atoms with van der Waals surface area (Å²) in [6.45, 7) is 0. The zero-order chi connectivity index (χ0) is 10.7. The Morgan fingerprint density at radius 1 is 1.47 bits per heavy atom. The highest BCUT2D eigenvalue weighted by Gasteiger charge is 2.26. The van der Waals surface area contributed by atoms with Crippen molar-refractivity contribution in [3.8, 4) is 6.07 Å². The third-order valence-corrected chi connectivity index (χ3v) is 2.11. The lowest BCUT2D eigenvalue weighted by Gasteiger charge is -1.97. The van der Waals surface area contributed by atoms with Crippen molar-refractivity contribution in [2.24, 2.45) is 5.16 Å². The van der Waals surface area contributed by atoms with Gasteiger partial charge in [0, 0.05) is 5.56 Å². The number of hydrogen-bond donors (Lipinski definition) is 0. The van der Waals surface area contributed by atoms with Crippen LogP contribution in [0.25, 0.3) is 0 Å². The third kappa shape index (κ3) is 1.86. The molecular weight excluding hydrogens is 192 g/mol. The minimum Gasteiger partial charge on any atom is -0.376 e. The molecule has 0 saturated heterocycles. The van der Waals surface area contributed by atoms with Gasteiger partial charge in [-0.05, 0) is 0 Å². The number of rotatable bonds is 2. The van der Waals surface area contributed by atoms with Crippen molar-refractivity contribution in [3.63, 3.8) is 0 Å². The summed E-state index contributed by atoms with van der Waals surface area (Å²) in [6, 6.07) is 10.7. The van der Waals surface area contributed by atoms with Gasteiger partial charge in [0.15, 0.2) is 0 Å². The summed E-state index contributed by atoms with van der Waals surface area (Å²) in [6.07, 6.45) is -0.350. The molecule has 0 saturated carbocycles. The summed E-state index contributed by atoms with van der Waals surface area (Å²) in [5.41, 5.74) is 0.881. The van der Waals surface area contributed by atoms with Crippen molar-refractivity contribution in [2.75, 3.05) is 0 Å². The SMILES string of the molecule is N#C[C@H]1CC(C(=O)c2ccccc2)=NO1. The maximum atomic E-state index is 11.8. The van der Waals surface area contributed by atoms with E-state index in [-0.39, 0.29) is 12.2 Å². The van der Waals surface area contributed by atoms with Crippen LogP contribution in [0.3, 0.4) is 0 Å². The highest BCUT2D eigenvalue weighted by atomic mass is 16.6. The minimum absolute atomic E-state index is 0.173. The van der Waals surface area contributed by atoms with Crippen molar-refractivity contribution in [1.29, 1.82) is 5.26 Å². The van der Waals surface area contributed by atoms with Crippen molar-refractivity contribution >= 4 is 11.5 Å². The van der Waals surface area contributed by atoms with Crippen LogP contribution < -0.4 is 0 Å². The van der Waals surface area contributed by atoms with Crippen molar-refractivity contribution in [1.82, 2.24) is 0 Å². The van der Waals surface area contributed by atoms with Crippen molar-refractivity contribution in [2.45, 2.75) is 12.5 Å². The van der Waals surface area contributed by atoms with E-state index in [9.17, 15) is 4.79 Å². The maximum Gasteiger partial charge on any atom is 0.218 e. The van der Waals surface area contributed by atoms with E-state index in [4.69, 9.17) is 10.1 Å². The molecule has 0 aliphatic carbocycles. The smallest absolute Gasteiger partial charge is 0.218 e. The van der Waals surface area contributed by atoms with Crippen LogP contribution in [0.4, 0.5) is 0 Å². The van der Waals surface area contributed by atoms with Gasteiger partial charge in [0.25, 0.3) is 0 Å². The van der Waals surface area contributed by atoms with Crippen LogP contribution in [0.2, 0.25) is 0 Å². The van der Waals surface area contributed by atoms with E-state index in [1.165, 1.54) is 0 Å². The predicted molar refractivity (Wildman–Crippen MR) is 53.3 cm³/mol. The Bertz CT molecular complexity index is 445. The molecule has 1 heterocycles. The van der Waals surface area contributed by atoms with Gasteiger partial charge in [-0.2, -0.15) is 5.26 Å².